The van der Waals surface area contributed by atoms with Crippen molar-refractivity contribution in [3.63, 3.8) is 0 Å². The van der Waals surface area contributed by atoms with Crippen LogP contribution in [-0.4, -0.2) is 13.1 Å². The molecular formula is C24H27FN2O2. The first-order chi connectivity index (χ1) is 14.0. The second-order valence-corrected chi connectivity index (χ2v) is 6.35. The molecule has 0 aliphatic carbocycles. The fraction of sp³-hybridized carbons (Fsp3) is 0.208. The van der Waals surface area contributed by atoms with Crippen LogP contribution in [0.15, 0.2) is 60.7 Å². The Morgan fingerprint density at radius 1 is 1.07 bits per heavy atom. The molecule has 0 heterocycles. The molecular weight excluding hydrogens is 367 g/mol. The second kappa shape index (κ2) is 10.3. The van der Waals surface area contributed by atoms with Crippen LogP contribution in [0.5, 0.6) is 5.75 Å². The third kappa shape index (κ3) is 5.57. The summed E-state index contributed by atoms with van der Waals surface area (Å²) >= 11 is 0. The number of hydrogen-bond donors (Lipinski definition) is 2. The van der Waals surface area contributed by atoms with E-state index in [1.165, 1.54) is 7.11 Å². The number of aryl methyl sites for hydroxylation is 1. The molecule has 0 aliphatic heterocycles. The van der Waals surface area contributed by atoms with E-state index in [0.717, 1.165) is 16.7 Å². The predicted octanol–water partition coefficient (Wildman–Crippen LogP) is 5.92. The van der Waals surface area contributed by atoms with Gasteiger partial charge in [0.05, 0.1) is 12.7 Å². The minimum Gasteiger partial charge on any atom is -0.496 e. The summed E-state index contributed by atoms with van der Waals surface area (Å²) in [6.45, 7) is 5.97. The smallest absolute Gasteiger partial charge is 0.316 e. The number of benzene rings is 3. The lowest BCUT2D eigenvalue weighted by atomic mass is 9.96. The molecule has 3 N–H and O–H groups in total. The number of carbonyl (C=O) groups is 1. The van der Waals surface area contributed by atoms with Crippen LogP contribution in [0, 0.1) is 12.7 Å². The van der Waals surface area contributed by atoms with Crippen molar-refractivity contribution >= 4 is 11.7 Å². The van der Waals surface area contributed by atoms with Gasteiger partial charge >= 0.3 is 6.03 Å². The molecule has 0 aliphatic rings. The fourth-order valence-corrected chi connectivity index (χ4v) is 3.05. The number of methoxy groups -OCH3 is 1. The van der Waals surface area contributed by atoms with Gasteiger partial charge in [-0.15, -0.1) is 0 Å². The quantitative estimate of drug-likeness (QED) is 0.564. The maximum atomic E-state index is 15.3. The Morgan fingerprint density at radius 3 is 2.34 bits per heavy atom. The Balaban J connectivity index is 0.00000145. The molecule has 3 rings (SSSR count). The Labute approximate surface area is 171 Å². The third-order valence-electron chi connectivity index (χ3n) is 4.33. The molecule has 152 valence electrons. The van der Waals surface area contributed by atoms with Crippen molar-refractivity contribution in [2.45, 2.75) is 27.2 Å². The molecule has 2 amide bonds. The van der Waals surface area contributed by atoms with Gasteiger partial charge in [0.25, 0.3) is 0 Å². The van der Waals surface area contributed by atoms with Crippen molar-refractivity contribution < 1.29 is 13.9 Å². The zero-order chi connectivity index (χ0) is 21.4. The van der Waals surface area contributed by atoms with Crippen LogP contribution in [0.4, 0.5) is 14.9 Å². The number of urea groups is 1. The summed E-state index contributed by atoms with van der Waals surface area (Å²) < 4.78 is 20.7. The van der Waals surface area contributed by atoms with E-state index in [-0.39, 0.29) is 5.82 Å². The van der Waals surface area contributed by atoms with Gasteiger partial charge in [-0.25, -0.2) is 9.18 Å². The zero-order valence-electron chi connectivity index (χ0n) is 17.3. The lowest BCUT2D eigenvalue weighted by molar-refractivity contribution is 0.259. The van der Waals surface area contributed by atoms with Crippen molar-refractivity contribution in [3.05, 3.63) is 83.2 Å². The van der Waals surface area contributed by atoms with Gasteiger partial charge in [-0.05, 0) is 41.8 Å². The Bertz CT molecular complexity index is 969. The summed E-state index contributed by atoms with van der Waals surface area (Å²) in [6, 6.07) is 17.8. The van der Waals surface area contributed by atoms with Gasteiger partial charge < -0.3 is 15.8 Å². The van der Waals surface area contributed by atoms with Gasteiger partial charge in [-0.3, -0.25) is 0 Å². The number of halogens is 1. The molecule has 0 bridgehead atoms. The monoisotopic (exact) mass is 394 g/mol. The van der Waals surface area contributed by atoms with Gasteiger partial charge in [0.1, 0.15) is 11.6 Å². The number of anilines is 1. The number of carbonyl (C=O) groups excluding carboxylic acids is 1. The number of nitrogens with one attached hydrogen (secondary N) is 1. The minimum atomic E-state index is -0.619. The molecule has 0 radical (unpaired) electrons. The van der Waals surface area contributed by atoms with Crippen LogP contribution < -0.4 is 15.8 Å². The normalized spacial score (nSPS) is 9.97. The summed E-state index contributed by atoms with van der Waals surface area (Å²) in [5.74, 6) is 0.210. The highest BCUT2D eigenvalue weighted by molar-refractivity contribution is 5.87. The van der Waals surface area contributed by atoms with Crippen LogP contribution in [0.1, 0.15) is 30.5 Å². The first kappa shape index (κ1) is 22.0. The number of nitrogens with two attached hydrogens (primary N) is 1. The van der Waals surface area contributed by atoms with E-state index in [9.17, 15) is 4.79 Å². The molecule has 0 unspecified atom stereocenters. The van der Waals surface area contributed by atoms with E-state index in [1.807, 2.05) is 57.2 Å². The summed E-state index contributed by atoms with van der Waals surface area (Å²) in [6.07, 6.45) is 0.422. The maximum absolute atomic E-state index is 15.3. The second-order valence-electron chi connectivity index (χ2n) is 6.35. The van der Waals surface area contributed by atoms with E-state index < -0.39 is 6.03 Å². The highest BCUT2D eigenvalue weighted by Crippen LogP contribution is 2.35. The van der Waals surface area contributed by atoms with Crippen molar-refractivity contribution in [1.82, 2.24) is 0 Å². The highest BCUT2D eigenvalue weighted by Gasteiger charge is 2.16. The topological polar surface area (TPSA) is 64.3 Å². The van der Waals surface area contributed by atoms with E-state index in [2.05, 4.69) is 5.32 Å². The average molecular weight is 394 g/mol. The molecule has 0 saturated carbocycles. The van der Waals surface area contributed by atoms with Crippen molar-refractivity contribution in [1.29, 1.82) is 0 Å². The fourth-order valence-electron chi connectivity index (χ4n) is 3.05. The van der Waals surface area contributed by atoms with Crippen LogP contribution >= 0.6 is 0 Å². The van der Waals surface area contributed by atoms with E-state index in [0.29, 0.717) is 29.0 Å². The van der Waals surface area contributed by atoms with Gasteiger partial charge in [-0.1, -0.05) is 61.9 Å². The predicted molar refractivity (Wildman–Crippen MR) is 117 cm³/mol. The number of rotatable bonds is 5. The standard InChI is InChI=1S/C22H21FN2O2.C2H6/c1-14-4-3-5-16(12-14)20-19(27-2)11-8-17(21(20)23)13-15-6-9-18(10-7-15)25-22(24)26;1-2/h3-12H,13H2,1-2H3,(H3,24,25,26);1-2H3. The Hall–Kier alpha value is -3.34. The van der Waals surface area contributed by atoms with Crippen molar-refractivity contribution in [3.8, 4) is 16.9 Å². The Kier molecular flexibility index (Phi) is 7.78. The lowest BCUT2D eigenvalue weighted by Gasteiger charge is -2.14. The molecule has 3 aromatic rings. The molecule has 0 saturated heterocycles. The largest absolute Gasteiger partial charge is 0.496 e. The molecule has 0 fully saturated rings. The summed E-state index contributed by atoms with van der Waals surface area (Å²) in [5.41, 5.74) is 9.50. The Morgan fingerprint density at radius 2 is 1.76 bits per heavy atom. The maximum Gasteiger partial charge on any atom is 0.316 e. The van der Waals surface area contributed by atoms with Gasteiger partial charge in [-0.2, -0.15) is 0 Å². The van der Waals surface area contributed by atoms with Crippen LogP contribution in [0.2, 0.25) is 0 Å². The molecule has 3 aromatic carbocycles. The van der Waals surface area contributed by atoms with E-state index in [4.69, 9.17) is 10.5 Å². The first-order valence-corrected chi connectivity index (χ1v) is 9.55. The molecule has 0 spiro atoms. The first-order valence-electron chi connectivity index (χ1n) is 9.55. The molecule has 5 heteroatoms. The molecule has 0 aromatic heterocycles. The summed E-state index contributed by atoms with van der Waals surface area (Å²) in [7, 11) is 1.54. The highest BCUT2D eigenvalue weighted by atomic mass is 19.1. The van der Waals surface area contributed by atoms with Crippen molar-refractivity contribution in [2.24, 2.45) is 5.73 Å². The van der Waals surface area contributed by atoms with Gasteiger partial charge in [0, 0.05) is 12.1 Å². The molecule has 29 heavy (non-hydrogen) atoms. The van der Waals surface area contributed by atoms with E-state index >= 15 is 4.39 Å². The van der Waals surface area contributed by atoms with Crippen LogP contribution in [0.3, 0.4) is 0 Å². The summed E-state index contributed by atoms with van der Waals surface area (Å²) in [4.78, 5) is 10.9. The van der Waals surface area contributed by atoms with Gasteiger partial charge in [0.15, 0.2) is 0 Å². The summed E-state index contributed by atoms with van der Waals surface area (Å²) in [5, 5.41) is 2.51. The minimum absolute atomic E-state index is 0.292. The number of amides is 2. The SMILES string of the molecule is CC.COc1ccc(Cc2ccc(NC(N)=O)cc2)c(F)c1-c1cccc(C)c1. The average Bonchev–Trinajstić information content (AvgIpc) is 2.71. The van der Waals surface area contributed by atoms with Gasteiger partial charge in [0.2, 0.25) is 0 Å². The molecule has 4 nitrogen and oxygen atoms in total. The number of ether oxygens (including phenoxy) is 1. The zero-order valence-corrected chi connectivity index (χ0v) is 17.3. The van der Waals surface area contributed by atoms with E-state index in [1.54, 1.807) is 24.3 Å². The van der Waals surface area contributed by atoms with Crippen LogP contribution in [0.25, 0.3) is 11.1 Å². The number of hydrogen-bond acceptors (Lipinski definition) is 2. The molecule has 0 atom stereocenters. The third-order valence-corrected chi connectivity index (χ3v) is 4.33. The van der Waals surface area contributed by atoms with Crippen LogP contribution in [-0.2, 0) is 6.42 Å². The lowest BCUT2D eigenvalue weighted by Crippen LogP contribution is -2.19. The number of primary amides is 1. The van der Waals surface area contributed by atoms with Crippen molar-refractivity contribution in [2.75, 3.05) is 12.4 Å².